The Labute approximate surface area is 168 Å². The van der Waals surface area contributed by atoms with Crippen LogP contribution in [0, 0.1) is 22.0 Å². The predicted octanol–water partition coefficient (Wildman–Crippen LogP) is 2.94. The van der Waals surface area contributed by atoms with E-state index in [1.54, 1.807) is 19.2 Å². The number of fused-ring (bicyclic) bond motifs is 2. The molecule has 8 heteroatoms. The van der Waals surface area contributed by atoms with E-state index in [9.17, 15) is 10.1 Å². The quantitative estimate of drug-likeness (QED) is 0.446. The lowest BCUT2D eigenvalue weighted by Gasteiger charge is -2.32. The maximum atomic E-state index is 10.7. The molecule has 0 saturated heterocycles. The van der Waals surface area contributed by atoms with E-state index in [4.69, 9.17) is 18.9 Å². The van der Waals surface area contributed by atoms with Gasteiger partial charge in [0.2, 0.25) is 12.5 Å². The number of nitro benzene ring substituents is 1. The van der Waals surface area contributed by atoms with Gasteiger partial charge in [-0.15, -0.1) is 0 Å². The fourth-order valence-corrected chi connectivity index (χ4v) is 3.54. The van der Waals surface area contributed by atoms with Crippen molar-refractivity contribution in [2.45, 2.75) is 12.5 Å². The number of hydrogen-bond acceptors (Lipinski definition) is 7. The molecule has 0 aromatic heterocycles. The highest BCUT2D eigenvalue weighted by atomic mass is 16.7. The summed E-state index contributed by atoms with van der Waals surface area (Å²) >= 11 is 0. The Morgan fingerprint density at radius 2 is 2.10 bits per heavy atom. The van der Waals surface area contributed by atoms with Gasteiger partial charge in [-0.3, -0.25) is 15.0 Å². The number of non-ortho nitro benzene ring substituents is 1. The molecule has 2 aliphatic rings. The van der Waals surface area contributed by atoms with E-state index in [0.717, 1.165) is 24.1 Å². The van der Waals surface area contributed by atoms with Gasteiger partial charge in [0.05, 0.1) is 12.0 Å². The number of benzene rings is 2. The Bertz CT molecular complexity index is 993. The monoisotopic (exact) mass is 396 g/mol. The molecule has 0 fully saturated rings. The molecule has 29 heavy (non-hydrogen) atoms. The normalized spacial score (nSPS) is 17.1. The highest BCUT2D eigenvalue weighted by Crippen LogP contribution is 2.49. The molecular weight excluding hydrogens is 376 g/mol. The van der Waals surface area contributed by atoms with Crippen molar-refractivity contribution in [1.29, 1.82) is 0 Å². The zero-order chi connectivity index (χ0) is 20.4. The number of hydrogen-bond donors (Lipinski definition) is 0. The average Bonchev–Trinajstić information content (AvgIpc) is 3.19. The van der Waals surface area contributed by atoms with Crippen LogP contribution < -0.4 is 18.9 Å². The maximum absolute atomic E-state index is 10.7. The summed E-state index contributed by atoms with van der Waals surface area (Å²) in [7, 11) is 3.64. The van der Waals surface area contributed by atoms with E-state index in [2.05, 4.69) is 16.7 Å². The van der Waals surface area contributed by atoms with Gasteiger partial charge in [-0.1, -0.05) is 11.8 Å². The van der Waals surface area contributed by atoms with Gasteiger partial charge in [0, 0.05) is 24.2 Å². The zero-order valence-corrected chi connectivity index (χ0v) is 16.1. The molecule has 0 radical (unpaired) electrons. The van der Waals surface area contributed by atoms with Gasteiger partial charge >= 0.3 is 0 Å². The highest BCUT2D eigenvalue weighted by molar-refractivity contribution is 5.62. The van der Waals surface area contributed by atoms with Gasteiger partial charge in [-0.2, -0.15) is 0 Å². The predicted molar refractivity (Wildman–Crippen MR) is 105 cm³/mol. The van der Waals surface area contributed by atoms with Crippen molar-refractivity contribution in [3.8, 4) is 34.8 Å². The number of nitro groups is 1. The lowest BCUT2D eigenvalue weighted by atomic mass is 9.91. The first kappa shape index (κ1) is 18.9. The molecule has 0 saturated carbocycles. The summed E-state index contributed by atoms with van der Waals surface area (Å²) in [4.78, 5) is 12.4. The molecule has 0 aliphatic carbocycles. The number of ether oxygens (including phenoxy) is 4. The Hall–Kier alpha value is -3.44. The average molecular weight is 396 g/mol. The zero-order valence-electron chi connectivity index (χ0n) is 16.1. The molecule has 2 aromatic carbocycles. The second kappa shape index (κ2) is 7.89. The summed E-state index contributed by atoms with van der Waals surface area (Å²) < 4.78 is 22.4. The van der Waals surface area contributed by atoms with Crippen LogP contribution in [0.1, 0.15) is 17.2 Å². The van der Waals surface area contributed by atoms with E-state index in [0.29, 0.717) is 23.0 Å². The third-order valence-corrected chi connectivity index (χ3v) is 4.99. The van der Waals surface area contributed by atoms with Crippen LogP contribution in [0.25, 0.3) is 0 Å². The fourth-order valence-electron chi connectivity index (χ4n) is 3.54. The molecule has 2 aliphatic heterocycles. The molecule has 8 nitrogen and oxygen atoms in total. The van der Waals surface area contributed by atoms with Crippen molar-refractivity contribution >= 4 is 5.69 Å². The maximum Gasteiger partial charge on any atom is 0.269 e. The van der Waals surface area contributed by atoms with Crippen molar-refractivity contribution in [3.05, 3.63) is 51.6 Å². The molecular formula is C21H20N2O6. The molecule has 0 amide bonds. The Balaban J connectivity index is 1.54. The van der Waals surface area contributed by atoms with Gasteiger partial charge in [0.15, 0.2) is 11.5 Å². The van der Waals surface area contributed by atoms with Crippen molar-refractivity contribution in [3.63, 3.8) is 0 Å². The molecule has 0 unspecified atom stereocenters. The van der Waals surface area contributed by atoms with Crippen LogP contribution in [-0.2, 0) is 6.42 Å². The lowest BCUT2D eigenvalue weighted by Crippen LogP contribution is -2.31. The minimum absolute atomic E-state index is 0.0229. The van der Waals surface area contributed by atoms with Gasteiger partial charge < -0.3 is 18.9 Å². The Kier molecular flexibility index (Phi) is 5.14. The summed E-state index contributed by atoms with van der Waals surface area (Å²) in [5.41, 5.74) is 2.16. The van der Waals surface area contributed by atoms with Gasteiger partial charge in [-0.05, 0) is 37.2 Å². The first-order valence-corrected chi connectivity index (χ1v) is 9.13. The second-order valence-corrected chi connectivity index (χ2v) is 6.71. The molecule has 2 aromatic rings. The third-order valence-electron chi connectivity index (χ3n) is 4.99. The van der Waals surface area contributed by atoms with Crippen molar-refractivity contribution < 1.29 is 23.9 Å². The molecule has 1 atom stereocenters. The molecule has 4 rings (SSSR count). The van der Waals surface area contributed by atoms with Crippen molar-refractivity contribution in [1.82, 2.24) is 4.90 Å². The summed E-state index contributed by atoms with van der Waals surface area (Å²) in [6.45, 7) is 1.21. The highest BCUT2D eigenvalue weighted by Gasteiger charge is 2.33. The largest absolute Gasteiger partial charge is 0.492 e. The van der Waals surface area contributed by atoms with Crippen LogP contribution in [0.5, 0.6) is 23.0 Å². The SMILES string of the molecule is COc1c2c(cc3c1[C@H](C#CCOc1ccc([N+](=O)[O-])cc1)N(C)CC3)OCO2. The van der Waals surface area contributed by atoms with Crippen LogP contribution in [0.3, 0.4) is 0 Å². The molecule has 0 bridgehead atoms. The summed E-state index contributed by atoms with van der Waals surface area (Å²) in [5, 5.41) is 10.7. The van der Waals surface area contributed by atoms with Crippen LogP contribution in [-0.4, -0.2) is 43.9 Å². The lowest BCUT2D eigenvalue weighted by molar-refractivity contribution is -0.384. The molecule has 150 valence electrons. The van der Waals surface area contributed by atoms with Crippen molar-refractivity contribution in [2.75, 3.05) is 34.1 Å². The van der Waals surface area contributed by atoms with E-state index >= 15 is 0 Å². The van der Waals surface area contributed by atoms with Gasteiger partial charge in [-0.25, -0.2) is 0 Å². The van der Waals surface area contributed by atoms with E-state index in [1.807, 2.05) is 13.1 Å². The fraction of sp³-hybridized carbons (Fsp3) is 0.333. The first-order chi connectivity index (χ1) is 14.1. The van der Waals surface area contributed by atoms with Gasteiger partial charge in [0.1, 0.15) is 18.4 Å². The summed E-state index contributed by atoms with van der Waals surface area (Å²) in [5.74, 6) is 8.84. The number of nitrogens with zero attached hydrogens (tertiary/aromatic N) is 2. The topological polar surface area (TPSA) is 83.3 Å². The van der Waals surface area contributed by atoms with Crippen LogP contribution >= 0.6 is 0 Å². The van der Waals surface area contributed by atoms with Crippen LogP contribution in [0.2, 0.25) is 0 Å². The minimum atomic E-state index is -0.446. The van der Waals surface area contributed by atoms with Crippen LogP contribution in [0.4, 0.5) is 5.69 Å². The Morgan fingerprint density at radius 1 is 1.31 bits per heavy atom. The van der Waals surface area contributed by atoms with E-state index in [-0.39, 0.29) is 25.1 Å². The van der Waals surface area contributed by atoms with E-state index < -0.39 is 4.92 Å². The Morgan fingerprint density at radius 3 is 2.83 bits per heavy atom. The van der Waals surface area contributed by atoms with E-state index in [1.165, 1.54) is 12.1 Å². The smallest absolute Gasteiger partial charge is 0.269 e. The number of methoxy groups -OCH3 is 1. The molecule has 2 heterocycles. The standard InChI is InChI=1S/C21H20N2O6/c1-22-10-9-14-12-18-20(29-13-28-18)21(26-2)19(14)17(22)4-3-11-27-16-7-5-15(6-8-16)23(24)25/h5-8,12,17H,9-11,13H2,1-2H3/t17-/m0/s1. The summed E-state index contributed by atoms with van der Waals surface area (Å²) in [6.07, 6.45) is 0.871. The van der Waals surface area contributed by atoms with Crippen LogP contribution in [0.15, 0.2) is 30.3 Å². The molecule has 0 N–H and O–H groups in total. The summed E-state index contributed by atoms with van der Waals surface area (Å²) in [6, 6.07) is 7.78. The third kappa shape index (κ3) is 3.65. The second-order valence-electron chi connectivity index (χ2n) is 6.71. The minimum Gasteiger partial charge on any atom is -0.492 e. The molecule has 0 spiro atoms. The first-order valence-electron chi connectivity index (χ1n) is 9.13. The van der Waals surface area contributed by atoms with Crippen molar-refractivity contribution in [2.24, 2.45) is 0 Å². The van der Waals surface area contributed by atoms with Gasteiger partial charge in [0.25, 0.3) is 5.69 Å². The number of rotatable bonds is 4. The number of likely N-dealkylation sites (N-methyl/N-ethyl adjacent to an activating group) is 1.